The van der Waals surface area contributed by atoms with Gasteiger partial charge in [0.05, 0.1) is 18.9 Å². The van der Waals surface area contributed by atoms with Crippen molar-refractivity contribution >= 4 is 39.8 Å². The number of methoxy groups -OCH3 is 1. The molecule has 0 spiro atoms. The average molecular weight is 621 g/mol. The maximum atomic E-state index is 14.1. The zero-order valence-electron chi connectivity index (χ0n) is 25.8. The van der Waals surface area contributed by atoms with Gasteiger partial charge in [-0.15, -0.1) is 0 Å². The van der Waals surface area contributed by atoms with Crippen LogP contribution in [0.5, 0.6) is 11.5 Å². The Morgan fingerprint density at radius 3 is 2.54 bits per heavy atom. The van der Waals surface area contributed by atoms with Crippen molar-refractivity contribution < 1.29 is 33.3 Å². The summed E-state index contributed by atoms with van der Waals surface area (Å²) in [6, 6.07) is 27.4. The van der Waals surface area contributed by atoms with Gasteiger partial charge in [-0.05, 0) is 71.7 Å². The van der Waals surface area contributed by atoms with Gasteiger partial charge in [0, 0.05) is 25.6 Å². The molecule has 2 heterocycles. The lowest BCUT2D eigenvalue weighted by atomic mass is 9.87. The third kappa shape index (κ3) is 7.05. The summed E-state index contributed by atoms with van der Waals surface area (Å²) < 4.78 is 22.6. The van der Waals surface area contributed by atoms with Gasteiger partial charge in [0.15, 0.2) is 17.1 Å². The van der Waals surface area contributed by atoms with E-state index in [0.29, 0.717) is 35.9 Å². The summed E-state index contributed by atoms with van der Waals surface area (Å²) in [7, 11) is 1.43. The molecule has 0 aliphatic carbocycles. The van der Waals surface area contributed by atoms with Gasteiger partial charge in [-0.2, -0.15) is 0 Å². The molecule has 0 radical (unpaired) electrons. The van der Waals surface area contributed by atoms with Crippen molar-refractivity contribution in [1.82, 2.24) is 9.88 Å². The Kier molecular flexibility index (Phi) is 9.30. The number of hydrogen-bond donors (Lipinski definition) is 1. The minimum absolute atomic E-state index is 0.0622. The molecule has 0 saturated carbocycles. The molecule has 3 atom stereocenters. The zero-order valence-corrected chi connectivity index (χ0v) is 25.8. The number of amides is 1. The number of para-hydroxylation sites is 2. The van der Waals surface area contributed by atoms with Crippen LogP contribution in [0.4, 0.5) is 0 Å². The SMILES string of the molecule is CO[C@@H](CC(=O)O)CC(=O)N(Cc1ccc2ccccc2c1)C(C)C(C/C=C/c1nc2ccccc2o1)c1ccc2c(c1)OCO2. The number of fused-ring (bicyclic) bond motifs is 3. The number of aliphatic carboxylic acids is 1. The van der Waals surface area contributed by atoms with Crippen molar-refractivity contribution in [2.45, 2.75) is 50.8 Å². The molecule has 5 aromatic rings. The van der Waals surface area contributed by atoms with Crippen molar-refractivity contribution in [2.24, 2.45) is 0 Å². The van der Waals surface area contributed by atoms with Crippen LogP contribution in [0.2, 0.25) is 0 Å². The lowest BCUT2D eigenvalue weighted by Gasteiger charge is -2.36. The number of ether oxygens (including phenoxy) is 3. The summed E-state index contributed by atoms with van der Waals surface area (Å²) in [5, 5.41) is 11.6. The lowest BCUT2D eigenvalue weighted by Crippen LogP contribution is -2.43. The van der Waals surface area contributed by atoms with Gasteiger partial charge in [0.2, 0.25) is 18.6 Å². The number of carbonyl (C=O) groups excluding carboxylic acids is 1. The third-order valence-corrected chi connectivity index (χ3v) is 8.48. The summed E-state index contributed by atoms with van der Waals surface area (Å²) in [5.41, 5.74) is 3.44. The zero-order chi connectivity index (χ0) is 32.0. The van der Waals surface area contributed by atoms with Crippen molar-refractivity contribution in [3.8, 4) is 11.5 Å². The molecule has 0 bridgehead atoms. The number of rotatable bonds is 13. The first-order valence-electron chi connectivity index (χ1n) is 15.3. The number of benzene rings is 4. The van der Waals surface area contributed by atoms with E-state index in [2.05, 4.69) is 29.2 Å². The normalized spacial score (nSPS) is 14.5. The molecule has 1 amide bonds. The molecule has 1 aromatic heterocycles. The van der Waals surface area contributed by atoms with E-state index in [9.17, 15) is 14.7 Å². The highest BCUT2D eigenvalue weighted by atomic mass is 16.7. The number of carboxylic acid groups (broad SMARTS) is 1. The fourth-order valence-electron chi connectivity index (χ4n) is 5.99. The van der Waals surface area contributed by atoms with Crippen molar-refractivity contribution in [1.29, 1.82) is 0 Å². The van der Waals surface area contributed by atoms with Gasteiger partial charge in [-0.3, -0.25) is 9.59 Å². The lowest BCUT2D eigenvalue weighted by molar-refractivity contribution is -0.142. The molecular formula is C37H36N2O7. The monoisotopic (exact) mass is 620 g/mol. The number of nitrogens with zero attached hydrogens (tertiary/aromatic N) is 2. The van der Waals surface area contributed by atoms with E-state index in [1.165, 1.54) is 7.11 Å². The van der Waals surface area contributed by atoms with E-state index in [1.807, 2.05) is 84.6 Å². The molecule has 46 heavy (non-hydrogen) atoms. The first kappa shape index (κ1) is 30.9. The van der Waals surface area contributed by atoms with Crippen LogP contribution in [-0.4, -0.2) is 52.9 Å². The van der Waals surface area contributed by atoms with Crippen molar-refractivity contribution in [3.63, 3.8) is 0 Å². The first-order valence-corrected chi connectivity index (χ1v) is 15.3. The smallest absolute Gasteiger partial charge is 0.305 e. The number of aromatic nitrogens is 1. The minimum atomic E-state index is -1.02. The molecule has 0 fully saturated rings. The quantitative estimate of drug-likeness (QED) is 0.147. The predicted molar refractivity (Wildman–Crippen MR) is 175 cm³/mol. The minimum Gasteiger partial charge on any atom is -0.481 e. The number of carbonyl (C=O) groups is 2. The summed E-state index contributed by atoms with van der Waals surface area (Å²) in [6.45, 7) is 2.52. The van der Waals surface area contributed by atoms with Crippen LogP contribution in [0, 0.1) is 0 Å². The maximum absolute atomic E-state index is 14.1. The highest BCUT2D eigenvalue weighted by Gasteiger charge is 2.31. The molecule has 1 aliphatic rings. The number of hydrogen-bond acceptors (Lipinski definition) is 7. The highest BCUT2D eigenvalue weighted by Crippen LogP contribution is 2.38. The molecule has 1 aliphatic heterocycles. The van der Waals surface area contributed by atoms with E-state index < -0.39 is 12.1 Å². The average Bonchev–Trinajstić information content (AvgIpc) is 3.71. The van der Waals surface area contributed by atoms with Crippen LogP contribution < -0.4 is 9.47 Å². The van der Waals surface area contributed by atoms with Crippen LogP contribution in [0.25, 0.3) is 27.9 Å². The van der Waals surface area contributed by atoms with Gasteiger partial charge >= 0.3 is 5.97 Å². The van der Waals surface area contributed by atoms with E-state index in [0.717, 1.165) is 27.4 Å². The second-order valence-electron chi connectivity index (χ2n) is 11.5. The van der Waals surface area contributed by atoms with E-state index in [4.69, 9.17) is 18.6 Å². The molecule has 9 heteroatoms. The van der Waals surface area contributed by atoms with Crippen LogP contribution >= 0.6 is 0 Å². The van der Waals surface area contributed by atoms with Crippen LogP contribution in [0.1, 0.15) is 49.1 Å². The van der Waals surface area contributed by atoms with E-state index in [-0.39, 0.29) is 37.5 Å². The van der Waals surface area contributed by atoms with Crippen LogP contribution in [-0.2, 0) is 20.9 Å². The summed E-state index contributed by atoms with van der Waals surface area (Å²) in [6.07, 6.45) is 3.35. The van der Waals surface area contributed by atoms with Gasteiger partial charge in [0.1, 0.15) is 5.52 Å². The Bertz CT molecular complexity index is 1850. The Morgan fingerprint density at radius 1 is 0.957 bits per heavy atom. The topological polar surface area (TPSA) is 111 Å². The fraction of sp³-hybridized carbons (Fsp3) is 0.270. The summed E-state index contributed by atoms with van der Waals surface area (Å²) in [5.74, 6) is 0.460. The van der Waals surface area contributed by atoms with Crippen molar-refractivity contribution in [3.05, 3.63) is 108 Å². The Balaban J connectivity index is 1.34. The van der Waals surface area contributed by atoms with Crippen LogP contribution in [0.3, 0.4) is 0 Å². The molecule has 1 N–H and O–H groups in total. The molecular weight excluding hydrogens is 584 g/mol. The summed E-state index contributed by atoms with van der Waals surface area (Å²) in [4.78, 5) is 32.0. The first-order chi connectivity index (χ1) is 22.4. The predicted octanol–water partition coefficient (Wildman–Crippen LogP) is 7.19. The fourth-order valence-corrected chi connectivity index (χ4v) is 5.99. The second kappa shape index (κ2) is 13.9. The number of oxazole rings is 1. The summed E-state index contributed by atoms with van der Waals surface area (Å²) >= 11 is 0. The van der Waals surface area contributed by atoms with Gasteiger partial charge in [-0.25, -0.2) is 4.98 Å². The molecule has 2 unspecified atom stereocenters. The van der Waals surface area contributed by atoms with E-state index >= 15 is 0 Å². The molecule has 0 saturated heterocycles. The molecule has 9 nitrogen and oxygen atoms in total. The second-order valence-corrected chi connectivity index (χ2v) is 11.5. The van der Waals surface area contributed by atoms with Crippen LogP contribution in [0.15, 0.2) is 95.4 Å². The number of carboxylic acids is 1. The highest BCUT2D eigenvalue weighted by molar-refractivity contribution is 5.83. The standard InChI is InChI=1S/C37H36N2O7/c1-24(39(36(40)20-29(43-2)21-37(41)42)22-25-14-15-26-8-3-4-9-27(26)18-25)30(28-16-17-33-34(19-28)45-23-44-33)10-7-13-35-38-31-11-5-6-12-32(31)46-35/h3-9,11-19,24,29-30H,10,20-23H2,1-2H3,(H,41,42)/b13-7+/t24?,29-,30?/m1/s1. The van der Waals surface area contributed by atoms with Gasteiger partial charge in [0.25, 0.3) is 0 Å². The van der Waals surface area contributed by atoms with Gasteiger partial charge < -0.3 is 28.6 Å². The largest absolute Gasteiger partial charge is 0.481 e. The van der Waals surface area contributed by atoms with Crippen molar-refractivity contribution in [2.75, 3.05) is 13.9 Å². The van der Waals surface area contributed by atoms with E-state index in [1.54, 1.807) is 0 Å². The Labute approximate surface area is 267 Å². The molecule has 4 aromatic carbocycles. The third-order valence-electron chi connectivity index (χ3n) is 8.48. The number of allylic oxidation sites excluding steroid dienone is 1. The molecule has 236 valence electrons. The maximum Gasteiger partial charge on any atom is 0.305 e. The molecule has 6 rings (SSSR count). The van der Waals surface area contributed by atoms with Gasteiger partial charge in [-0.1, -0.05) is 60.7 Å². The Morgan fingerprint density at radius 2 is 1.74 bits per heavy atom. The Hall–Kier alpha value is -5.15.